The highest BCUT2D eigenvalue weighted by Crippen LogP contribution is 2.23. The maximum absolute atomic E-state index is 12.7. The molecule has 4 rings (SSSR count). The van der Waals surface area contributed by atoms with Gasteiger partial charge in [0.05, 0.1) is 12.3 Å². The number of benzene rings is 2. The molecule has 0 bridgehead atoms. The Morgan fingerprint density at radius 3 is 1.40 bits per heavy atom. The minimum absolute atomic E-state index is 0.111. The summed E-state index contributed by atoms with van der Waals surface area (Å²) in [4.78, 5) is 43.3. The zero-order valence-electron chi connectivity index (χ0n) is 28.1. The van der Waals surface area contributed by atoms with Gasteiger partial charge in [-0.25, -0.2) is 19.9 Å². The number of hydrogen-bond acceptors (Lipinski definition) is 8. The molecule has 0 aliphatic rings. The Hall–Kier alpha value is -4.46. The summed E-state index contributed by atoms with van der Waals surface area (Å²) in [6.45, 7) is 6.08. The lowest BCUT2D eigenvalue weighted by atomic mass is 10.1. The lowest BCUT2D eigenvalue weighted by Gasteiger charge is -2.11. The van der Waals surface area contributed by atoms with Crippen LogP contribution in [0.2, 0.25) is 0 Å². The SMILES string of the molecule is CCCCCCCc1cnc(-c2ccc(OC(=O)CC(C)C(=O)Oc3ccc(-c4ncc(CCCCCCC)cn4)cc3)cc2)nc1. The molecule has 0 radical (unpaired) electrons. The second-order valence-electron chi connectivity index (χ2n) is 12.2. The molecular weight excluding hydrogens is 588 g/mol. The van der Waals surface area contributed by atoms with Crippen LogP contribution in [0.3, 0.4) is 0 Å². The molecular formula is C39H48N4O4. The van der Waals surface area contributed by atoms with Crippen molar-refractivity contribution >= 4 is 11.9 Å². The molecule has 47 heavy (non-hydrogen) atoms. The van der Waals surface area contributed by atoms with Crippen molar-refractivity contribution in [2.24, 2.45) is 5.92 Å². The number of esters is 2. The lowest BCUT2D eigenvalue weighted by molar-refractivity contribution is -0.144. The molecule has 248 valence electrons. The lowest BCUT2D eigenvalue weighted by Crippen LogP contribution is -2.22. The van der Waals surface area contributed by atoms with Gasteiger partial charge in [0.1, 0.15) is 11.5 Å². The van der Waals surface area contributed by atoms with Gasteiger partial charge in [0.25, 0.3) is 0 Å². The molecule has 8 heteroatoms. The summed E-state index contributed by atoms with van der Waals surface area (Å²) < 4.78 is 11.0. The predicted octanol–water partition coefficient (Wildman–Crippen LogP) is 9.16. The van der Waals surface area contributed by atoms with Crippen molar-refractivity contribution < 1.29 is 19.1 Å². The van der Waals surface area contributed by atoms with Gasteiger partial charge in [-0.2, -0.15) is 0 Å². The highest BCUT2D eigenvalue weighted by molar-refractivity contribution is 5.82. The average Bonchev–Trinajstić information content (AvgIpc) is 3.09. The maximum Gasteiger partial charge on any atom is 0.314 e. The van der Waals surface area contributed by atoms with Crippen LogP contribution < -0.4 is 9.47 Å². The average molecular weight is 637 g/mol. The number of aryl methyl sites for hydroxylation is 2. The Labute approximate surface area is 279 Å². The second kappa shape index (κ2) is 19.3. The molecule has 8 nitrogen and oxygen atoms in total. The molecule has 1 unspecified atom stereocenters. The normalized spacial score (nSPS) is 11.6. The highest BCUT2D eigenvalue weighted by Gasteiger charge is 2.21. The molecule has 1 atom stereocenters. The molecule has 0 aliphatic carbocycles. The number of carbonyl (C=O) groups excluding carboxylic acids is 2. The van der Waals surface area contributed by atoms with Gasteiger partial charge in [0.15, 0.2) is 11.6 Å². The van der Waals surface area contributed by atoms with E-state index in [0.717, 1.165) is 47.9 Å². The molecule has 0 saturated heterocycles. The molecule has 4 aromatic rings. The fraction of sp³-hybridized carbons (Fsp3) is 0.436. The first-order chi connectivity index (χ1) is 22.9. The first-order valence-corrected chi connectivity index (χ1v) is 17.2. The number of unbranched alkanes of at least 4 members (excludes halogenated alkanes) is 8. The molecule has 0 saturated carbocycles. The summed E-state index contributed by atoms with van der Waals surface area (Å²) in [6, 6.07) is 14.1. The molecule has 0 N–H and O–H groups in total. The van der Waals surface area contributed by atoms with Crippen LogP contribution >= 0.6 is 0 Å². The molecule has 0 aliphatic heterocycles. The van der Waals surface area contributed by atoms with Crippen molar-refractivity contribution in [1.82, 2.24) is 19.9 Å². The number of rotatable bonds is 19. The third-order valence-corrected chi connectivity index (χ3v) is 8.10. The fourth-order valence-electron chi connectivity index (χ4n) is 5.20. The topological polar surface area (TPSA) is 104 Å². The quantitative estimate of drug-likeness (QED) is 0.0570. The number of hydrogen-bond donors (Lipinski definition) is 0. The Bertz CT molecular complexity index is 1510. The van der Waals surface area contributed by atoms with Crippen molar-refractivity contribution in [2.75, 3.05) is 0 Å². The Morgan fingerprint density at radius 1 is 0.574 bits per heavy atom. The van der Waals surface area contributed by atoms with Crippen LogP contribution in [0.25, 0.3) is 22.8 Å². The number of ether oxygens (including phenoxy) is 2. The van der Waals surface area contributed by atoms with Gasteiger partial charge >= 0.3 is 11.9 Å². The monoisotopic (exact) mass is 636 g/mol. The standard InChI is InChI=1S/C39H48N4O4/c1-4-6-8-10-12-14-30-25-40-37(41-26-30)32-16-20-34(21-17-32)46-36(44)24-29(3)39(45)47-35-22-18-33(19-23-35)38-42-27-31(28-43-38)15-13-11-9-7-5-2/h16-23,25-29H,4-15,24H2,1-3H3. The summed E-state index contributed by atoms with van der Waals surface area (Å²) in [5.41, 5.74) is 3.94. The van der Waals surface area contributed by atoms with Crippen molar-refractivity contribution in [3.63, 3.8) is 0 Å². The van der Waals surface area contributed by atoms with E-state index >= 15 is 0 Å². The minimum atomic E-state index is -0.683. The minimum Gasteiger partial charge on any atom is -0.427 e. The van der Waals surface area contributed by atoms with Crippen molar-refractivity contribution in [1.29, 1.82) is 0 Å². The van der Waals surface area contributed by atoms with Crippen molar-refractivity contribution in [2.45, 2.75) is 104 Å². The van der Waals surface area contributed by atoms with Crippen molar-refractivity contribution in [3.8, 4) is 34.3 Å². The summed E-state index contributed by atoms with van der Waals surface area (Å²) in [7, 11) is 0. The van der Waals surface area contributed by atoms with Crippen molar-refractivity contribution in [3.05, 3.63) is 84.4 Å². The number of nitrogens with zero attached hydrogens (tertiary/aromatic N) is 4. The summed E-state index contributed by atoms with van der Waals surface area (Å²) >= 11 is 0. The first-order valence-electron chi connectivity index (χ1n) is 17.2. The van der Waals surface area contributed by atoms with Gasteiger partial charge in [-0.1, -0.05) is 72.1 Å². The van der Waals surface area contributed by atoms with Gasteiger partial charge in [-0.3, -0.25) is 9.59 Å². The van der Waals surface area contributed by atoms with E-state index in [9.17, 15) is 9.59 Å². The van der Waals surface area contributed by atoms with Crippen LogP contribution in [0.15, 0.2) is 73.3 Å². The third-order valence-electron chi connectivity index (χ3n) is 8.10. The van der Waals surface area contributed by atoms with E-state index < -0.39 is 17.9 Å². The number of carbonyl (C=O) groups is 2. The van der Waals surface area contributed by atoms with E-state index in [2.05, 4.69) is 33.8 Å². The van der Waals surface area contributed by atoms with E-state index in [0.29, 0.717) is 23.1 Å². The van der Waals surface area contributed by atoms with Crippen LogP contribution in [-0.4, -0.2) is 31.9 Å². The maximum atomic E-state index is 12.7. The molecule has 2 heterocycles. The molecule has 0 fully saturated rings. The van der Waals surface area contributed by atoms with Crippen LogP contribution in [0, 0.1) is 5.92 Å². The summed E-state index contributed by atoms with van der Waals surface area (Å²) in [5.74, 6) is 0.315. The Kier molecular flexibility index (Phi) is 14.5. The first kappa shape index (κ1) is 35.4. The van der Waals surface area contributed by atoms with E-state index in [1.165, 1.54) is 51.4 Å². The second-order valence-corrected chi connectivity index (χ2v) is 12.2. The Balaban J connectivity index is 1.19. The van der Waals surface area contributed by atoms with Crippen LogP contribution in [-0.2, 0) is 22.4 Å². The smallest absolute Gasteiger partial charge is 0.314 e. The van der Waals surface area contributed by atoms with E-state index in [4.69, 9.17) is 9.47 Å². The van der Waals surface area contributed by atoms with Gasteiger partial charge in [0, 0.05) is 35.9 Å². The fourth-order valence-corrected chi connectivity index (χ4v) is 5.20. The summed E-state index contributed by atoms with van der Waals surface area (Å²) in [5, 5.41) is 0. The molecule has 2 aromatic heterocycles. The van der Waals surface area contributed by atoms with Gasteiger partial charge < -0.3 is 9.47 Å². The number of aromatic nitrogens is 4. The van der Waals surface area contributed by atoms with E-state index in [1.807, 2.05) is 49.1 Å². The Morgan fingerprint density at radius 2 is 0.979 bits per heavy atom. The van der Waals surface area contributed by atoms with Crippen LogP contribution in [0.5, 0.6) is 11.5 Å². The predicted molar refractivity (Wildman–Crippen MR) is 185 cm³/mol. The largest absolute Gasteiger partial charge is 0.427 e. The van der Waals surface area contributed by atoms with Crippen LogP contribution in [0.4, 0.5) is 0 Å². The highest BCUT2D eigenvalue weighted by atomic mass is 16.5. The van der Waals surface area contributed by atoms with Gasteiger partial charge in [0.2, 0.25) is 0 Å². The van der Waals surface area contributed by atoms with E-state index in [1.54, 1.807) is 31.2 Å². The third kappa shape index (κ3) is 12.0. The molecule has 0 spiro atoms. The molecule has 2 aromatic carbocycles. The van der Waals surface area contributed by atoms with E-state index in [-0.39, 0.29) is 6.42 Å². The van der Waals surface area contributed by atoms with Gasteiger partial charge in [-0.15, -0.1) is 0 Å². The zero-order valence-corrected chi connectivity index (χ0v) is 28.1. The zero-order chi connectivity index (χ0) is 33.3. The van der Waals surface area contributed by atoms with Crippen LogP contribution in [0.1, 0.15) is 103 Å². The summed E-state index contributed by atoms with van der Waals surface area (Å²) in [6.07, 6.45) is 21.8. The van der Waals surface area contributed by atoms with Gasteiger partial charge in [-0.05, 0) is 85.3 Å². The molecule has 0 amide bonds.